The van der Waals surface area contributed by atoms with Crippen molar-refractivity contribution in [2.45, 2.75) is 32.2 Å². The Balaban J connectivity index is 1.58. The lowest BCUT2D eigenvalue weighted by Gasteiger charge is -2.25. The minimum Gasteiger partial charge on any atom is -0.340 e. The highest BCUT2D eigenvalue weighted by molar-refractivity contribution is 6.10. The highest BCUT2D eigenvalue weighted by Gasteiger charge is 2.32. The Morgan fingerprint density at radius 3 is 2.64 bits per heavy atom. The lowest BCUT2D eigenvalue weighted by Crippen LogP contribution is -2.33. The van der Waals surface area contributed by atoms with Gasteiger partial charge in [-0.15, -0.1) is 0 Å². The number of hydrogen-bond donors (Lipinski definition) is 0. The Morgan fingerprint density at radius 1 is 1.11 bits per heavy atom. The van der Waals surface area contributed by atoms with E-state index in [1.165, 1.54) is 6.07 Å². The fraction of sp³-hybridized carbons (Fsp3) is 0.304. The zero-order valence-corrected chi connectivity index (χ0v) is 15.7. The molecule has 4 nitrogen and oxygen atoms in total. The van der Waals surface area contributed by atoms with Crippen molar-refractivity contribution < 1.29 is 14.0 Å². The maximum atomic E-state index is 14.3. The van der Waals surface area contributed by atoms with E-state index in [0.717, 1.165) is 22.2 Å². The summed E-state index contributed by atoms with van der Waals surface area (Å²) in [6, 6.07) is 12.3. The number of fused-ring (bicyclic) bond motifs is 3. The number of ketones is 1. The fourth-order valence-electron chi connectivity index (χ4n) is 4.81. The average Bonchev–Trinajstić information content (AvgIpc) is 2.85. The molecule has 3 aromatic rings. The van der Waals surface area contributed by atoms with Crippen LogP contribution in [0.25, 0.3) is 10.9 Å². The second-order valence-electron chi connectivity index (χ2n) is 7.78. The van der Waals surface area contributed by atoms with Crippen LogP contribution in [-0.4, -0.2) is 34.2 Å². The van der Waals surface area contributed by atoms with E-state index in [-0.39, 0.29) is 23.5 Å². The van der Waals surface area contributed by atoms with Gasteiger partial charge in [-0.3, -0.25) is 9.59 Å². The van der Waals surface area contributed by atoms with Crippen molar-refractivity contribution >= 4 is 22.6 Å². The van der Waals surface area contributed by atoms with E-state index in [9.17, 15) is 14.0 Å². The first kappa shape index (κ1) is 17.2. The Morgan fingerprint density at radius 2 is 1.86 bits per heavy atom. The zero-order valence-electron chi connectivity index (χ0n) is 15.7. The van der Waals surface area contributed by atoms with Gasteiger partial charge in [0.15, 0.2) is 5.78 Å². The number of hydrogen-bond acceptors (Lipinski definition) is 2. The standard InChI is InChI=1S/C23H21FN2O2/c1-14-11-21(27)19-13-16(24)12-18-17-7-9-25(10-8-20(17)26(14)22(18)19)23(28)15-5-3-2-4-6-15/h2-6,12-14H,7-11H2,1H3. The van der Waals surface area contributed by atoms with E-state index in [1.807, 2.05) is 42.2 Å². The molecule has 3 heterocycles. The molecule has 1 unspecified atom stereocenters. The maximum absolute atomic E-state index is 14.3. The van der Waals surface area contributed by atoms with Gasteiger partial charge in [-0.05, 0) is 43.2 Å². The Hall–Kier alpha value is -2.95. The summed E-state index contributed by atoms with van der Waals surface area (Å²) in [5, 5.41) is 0.832. The minimum atomic E-state index is -0.369. The lowest BCUT2D eigenvalue weighted by molar-refractivity contribution is 0.0762. The number of nitrogens with zero attached hydrogens (tertiary/aromatic N) is 2. The molecule has 5 heteroatoms. The fourth-order valence-corrected chi connectivity index (χ4v) is 4.81. The number of amides is 1. The molecule has 0 N–H and O–H groups in total. The van der Waals surface area contributed by atoms with Gasteiger partial charge in [0.25, 0.3) is 5.91 Å². The van der Waals surface area contributed by atoms with Gasteiger partial charge in [-0.25, -0.2) is 4.39 Å². The van der Waals surface area contributed by atoms with E-state index >= 15 is 0 Å². The van der Waals surface area contributed by atoms with Gasteiger partial charge >= 0.3 is 0 Å². The Labute approximate surface area is 162 Å². The van der Waals surface area contributed by atoms with Crippen LogP contribution in [0.5, 0.6) is 0 Å². The third kappa shape index (κ3) is 2.49. The van der Waals surface area contributed by atoms with Gasteiger partial charge in [-0.2, -0.15) is 0 Å². The third-order valence-corrected chi connectivity index (χ3v) is 6.06. The second-order valence-corrected chi connectivity index (χ2v) is 7.78. The first-order valence-corrected chi connectivity index (χ1v) is 9.77. The highest BCUT2D eigenvalue weighted by Crippen LogP contribution is 2.39. The summed E-state index contributed by atoms with van der Waals surface area (Å²) >= 11 is 0. The molecule has 0 aliphatic carbocycles. The molecule has 0 fully saturated rings. The van der Waals surface area contributed by atoms with Crippen LogP contribution >= 0.6 is 0 Å². The molecule has 2 aromatic carbocycles. The Kier molecular flexibility index (Phi) is 3.86. The van der Waals surface area contributed by atoms with Gasteiger partial charge in [0.1, 0.15) is 5.82 Å². The van der Waals surface area contributed by atoms with E-state index in [0.29, 0.717) is 43.5 Å². The molecule has 1 amide bonds. The van der Waals surface area contributed by atoms with Crippen LogP contribution in [0.15, 0.2) is 42.5 Å². The second kappa shape index (κ2) is 6.30. The summed E-state index contributed by atoms with van der Waals surface area (Å²) in [7, 11) is 0. The molecule has 2 aliphatic rings. The first-order chi connectivity index (χ1) is 13.5. The largest absolute Gasteiger partial charge is 0.340 e. The van der Waals surface area contributed by atoms with Crippen molar-refractivity contribution in [1.29, 1.82) is 0 Å². The van der Waals surface area contributed by atoms with Crippen LogP contribution in [0.3, 0.4) is 0 Å². The summed E-state index contributed by atoms with van der Waals surface area (Å²) in [5.41, 5.74) is 4.29. The number of carbonyl (C=O) groups is 2. The minimum absolute atomic E-state index is 0.0121. The number of rotatable bonds is 1. The van der Waals surface area contributed by atoms with E-state index in [2.05, 4.69) is 4.57 Å². The number of halogens is 1. The molecule has 2 aliphatic heterocycles. The smallest absolute Gasteiger partial charge is 0.253 e. The van der Waals surface area contributed by atoms with Crippen molar-refractivity contribution in [2.75, 3.05) is 13.1 Å². The monoisotopic (exact) mass is 376 g/mol. The molecule has 1 atom stereocenters. The topological polar surface area (TPSA) is 42.3 Å². The number of benzene rings is 2. The predicted octanol–water partition coefficient (Wildman–Crippen LogP) is 4.17. The van der Waals surface area contributed by atoms with Gasteiger partial charge in [0.05, 0.1) is 5.52 Å². The molecule has 0 bridgehead atoms. The molecular formula is C23H21FN2O2. The molecule has 0 saturated carbocycles. The molecular weight excluding hydrogens is 355 g/mol. The van der Waals surface area contributed by atoms with Crippen molar-refractivity contribution in [2.24, 2.45) is 0 Å². The van der Waals surface area contributed by atoms with Gasteiger partial charge in [0.2, 0.25) is 0 Å². The summed E-state index contributed by atoms with van der Waals surface area (Å²) in [6.45, 7) is 3.26. The van der Waals surface area contributed by atoms with Crippen LogP contribution in [0.4, 0.5) is 4.39 Å². The van der Waals surface area contributed by atoms with E-state index in [1.54, 1.807) is 6.07 Å². The van der Waals surface area contributed by atoms with Crippen LogP contribution in [-0.2, 0) is 12.8 Å². The summed E-state index contributed by atoms with van der Waals surface area (Å²) < 4.78 is 16.5. The summed E-state index contributed by atoms with van der Waals surface area (Å²) in [4.78, 5) is 27.2. The summed E-state index contributed by atoms with van der Waals surface area (Å²) in [6.07, 6.45) is 1.77. The lowest BCUT2D eigenvalue weighted by atomic mass is 9.97. The quantitative estimate of drug-likeness (QED) is 0.640. The van der Waals surface area contributed by atoms with E-state index < -0.39 is 0 Å². The molecule has 142 valence electrons. The predicted molar refractivity (Wildman–Crippen MR) is 105 cm³/mol. The van der Waals surface area contributed by atoms with Crippen LogP contribution < -0.4 is 0 Å². The van der Waals surface area contributed by atoms with Crippen LogP contribution in [0.2, 0.25) is 0 Å². The number of aromatic nitrogens is 1. The van der Waals surface area contributed by atoms with Gasteiger partial charge in [0, 0.05) is 54.2 Å². The molecule has 1 aromatic heterocycles. The number of Topliss-reactive ketones (excluding diaryl/α,β-unsaturated/α-hetero) is 1. The van der Waals surface area contributed by atoms with Gasteiger partial charge < -0.3 is 9.47 Å². The maximum Gasteiger partial charge on any atom is 0.253 e. The SMILES string of the molecule is CC1CC(=O)c2cc(F)cc3c4c(n1c23)CCN(C(=O)c1ccccc1)CC4. The summed E-state index contributed by atoms with van der Waals surface area (Å²) in [5.74, 6) is -0.325. The van der Waals surface area contributed by atoms with Crippen molar-refractivity contribution in [3.63, 3.8) is 0 Å². The third-order valence-electron chi connectivity index (χ3n) is 6.06. The molecule has 0 spiro atoms. The zero-order chi connectivity index (χ0) is 19.4. The van der Waals surface area contributed by atoms with Crippen LogP contribution in [0, 0.1) is 5.82 Å². The first-order valence-electron chi connectivity index (χ1n) is 9.77. The molecule has 28 heavy (non-hydrogen) atoms. The van der Waals surface area contributed by atoms with Crippen molar-refractivity contribution in [1.82, 2.24) is 9.47 Å². The molecule has 5 rings (SSSR count). The Bertz CT molecular complexity index is 1120. The van der Waals surface area contributed by atoms with Crippen molar-refractivity contribution in [3.8, 4) is 0 Å². The molecule has 0 radical (unpaired) electrons. The van der Waals surface area contributed by atoms with Crippen molar-refractivity contribution in [3.05, 3.63) is 70.7 Å². The van der Waals surface area contributed by atoms with E-state index in [4.69, 9.17) is 0 Å². The van der Waals surface area contributed by atoms with Gasteiger partial charge in [-0.1, -0.05) is 18.2 Å². The average molecular weight is 376 g/mol. The number of carbonyl (C=O) groups excluding carboxylic acids is 2. The normalized spacial score (nSPS) is 18.9. The highest BCUT2D eigenvalue weighted by atomic mass is 19.1. The van der Waals surface area contributed by atoms with Crippen LogP contribution in [0.1, 0.15) is 51.4 Å². The molecule has 0 saturated heterocycles.